The van der Waals surface area contributed by atoms with Gasteiger partial charge in [0, 0.05) is 42.4 Å². The van der Waals surface area contributed by atoms with Gasteiger partial charge >= 0.3 is 0 Å². The Bertz CT molecular complexity index is 1120. The SMILES string of the molecule is COc1cccc(C(=O)N2CCCN(C(=O)c3cc(F)cc(F)c3)C2C(=O)NC2CCC(N)CC2)c1. The van der Waals surface area contributed by atoms with Crippen molar-refractivity contribution in [3.05, 3.63) is 65.2 Å². The predicted octanol–water partition coefficient (Wildman–Crippen LogP) is 2.67. The lowest BCUT2D eigenvalue weighted by atomic mass is 9.91. The molecular weight excluding hydrogens is 470 g/mol. The molecule has 1 saturated carbocycles. The predicted molar refractivity (Wildman–Crippen MR) is 128 cm³/mol. The van der Waals surface area contributed by atoms with Gasteiger partial charge in [0.2, 0.25) is 0 Å². The topological polar surface area (TPSA) is 105 Å². The molecule has 2 aromatic rings. The van der Waals surface area contributed by atoms with Crippen LogP contribution in [0.2, 0.25) is 0 Å². The third-order valence-electron chi connectivity index (χ3n) is 6.69. The lowest BCUT2D eigenvalue weighted by molar-refractivity contribution is -0.133. The van der Waals surface area contributed by atoms with Crippen molar-refractivity contribution in [3.63, 3.8) is 0 Å². The van der Waals surface area contributed by atoms with Crippen LogP contribution in [0.1, 0.15) is 52.8 Å². The zero-order valence-electron chi connectivity index (χ0n) is 20.1. The summed E-state index contributed by atoms with van der Waals surface area (Å²) in [6, 6.07) is 8.97. The normalized spacial score (nSPS) is 22.2. The first-order chi connectivity index (χ1) is 17.3. The highest BCUT2D eigenvalue weighted by atomic mass is 19.1. The van der Waals surface area contributed by atoms with Gasteiger partial charge in [0.05, 0.1) is 7.11 Å². The van der Waals surface area contributed by atoms with Gasteiger partial charge in [-0.25, -0.2) is 8.78 Å². The number of rotatable bonds is 5. The van der Waals surface area contributed by atoms with Crippen molar-refractivity contribution in [2.24, 2.45) is 5.73 Å². The van der Waals surface area contributed by atoms with E-state index in [1.807, 2.05) is 0 Å². The molecule has 0 spiro atoms. The van der Waals surface area contributed by atoms with Crippen molar-refractivity contribution in [2.75, 3.05) is 20.2 Å². The van der Waals surface area contributed by atoms with Gasteiger partial charge in [0.25, 0.3) is 17.7 Å². The number of amides is 3. The molecule has 2 aliphatic rings. The largest absolute Gasteiger partial charge is 0.497 e. The monoisotopic (exact) mass is 500 g/mol. The number of halogens is 2. The first-order valence-corrected chi connectivity index (χ1v) is 12.0. The van der Waals surface area contributed by atoms with Gasteiger partial charge in [0.1, 0.15) is 17.4 Å². The maximum Gasteiger partial charge on any atom is 0.264 e. The Labute approximate surface area is 208 Å². The van der Waals surface area contributed by atoms with Crippen LogP contribution in [0, 0.1) is 11.6 Å². The number of hydrogen-bond acceptors (Lipinski definition) is 5. The number of nitrogens with zero attached hydrogens (tertiary/aromatic N) is 2. The second-order valence-corrected chi connectivity index (χ2v) is 9.23. The Morgan fingerprint density at radius 3 is 2.14 bits per heavy atom. The molecule has 0 radical (unpaired) electrons. The quantitative estimate of drug-likeness (QED) is 0.657. The molecule has 2 aromatic carbocycles. The summed E-state index contributed by atoms with van der Waals surface area (Å²) in [6.45, 7) is 0.372. The average molecular weight is 501 g/mol. The van der Waals surface area contributed by atoms with Crippen LogP contribution in [-0.2, 0) is 4.79 Å². The smallest absolute Gasteiger partial charge is 0.264 e. The van der Waals surface area contributed by atoms with E-state index in [1.54, 1.807) is 24.3 Å². The number of carbonyl (C=O) groups excluding carboxylic acids is 3. The first-order valence-electron chi connectivity index (χ1n) is 12.0. The second kappa shape index (κ2) is 11.0. The third-order valence-corrected chi connectivity index (χ3v) is 6.69. The minimum atomic E-state index is -1.29. The van der Waals surface area contributed by atoms with Crippen LogP contribution in [-0.4, -0.2) is 66.0 Å². The highest BCUT2D eigenvalue weighted by Gasteiger charge is 2.41. The molecule has 3 N–H and O–H groups in total. The van der Waals surface area contributed by atoms with Crippen LogP contribution >= 0.6 is 0 Å². The number of hydrogen-bond donors (Lipinski definition) is 2. The molecule has 192 valence electrons. The highest BCUT2D eigenvalue weighted by molar-refractivity contribution is 6.01. The molecule has 1 aliphatic carbocycles. The van der Waals surface area contributed by atoms with E-state index in [0.717, 1.165) is 25.0 Å². The van der Waals surface area contributed by atoms with E-state index in [-0.39, 0.29) is 30.7 Å². The standard InChI is InChI=1S/C26H30F2N4O4/c1-36-22-5-2-4-16(14-22)25(34)31-10-3-11-32(26(35)17-12-18(27)15-19(28)13-17)24(31)23(33)30-21-8-6-20(29)7-9-21/h2,4-5,12-15,20-21,24H,3,6-11,29H2,1H3,(H,30,33). The van der Waals surface area contributed by atoms with E-state index in [2.05, 4.69) is 5.32 Å². The van der Waals surface area contributed by atoms with Crippen LogP contribution in [0.5, 0.6) is 5.75 Å². The van der Waals surface area contributed by atoms with Gasteiger partial charge in [-0.1, -0.05) is 6.07 Å². The molecule has 1 aliphatic heterocycles. The van der Waals surface area contributed by atoms with Crippen LogP contribution in [0.15, 0.2) is 42.5 Å². The van der Waals surface area contributed by atoms with Crippen molar-refractivity contribution in [1.82, 2.24) is 15.1 Å². The van der Waals surface area contributed by atoms with Crippen LogP contribution < -0.4 is 15.8 Å². The summed E-state index contributed by atoms with van der Waals surface area (Å²) in [5, 5.41) is 2.97. The fraction of sp³-hybridized carbons (Fsp3) is 0.423. The Kier molecular flexibility index (Phi) is 7.83. The molecule has 1 saturated heterocycles. The van der Waals surface area contributed by atoms with Crippen LogP contribution in [0.3, 0.4) is 0 Å². The van der Waals surface area contributed by atoms with Crippen molar-refractivity contribution in [2.45, 2.75) is 50.4 Å². The summed E-state index contributed by atoms with van der Waals surface area (Å²) in [4.78, 5) is 43.1. The summed E-state index contributed by atoms with van der Waals surface area (Å²) in [6.07, 6.45) is 1.99. The lowest BCUT2D eigenvalue weighted by Crippen LogP contribution is -2.64. The third kappa shape index (κ3) is 5.64. The maximum absolute atomic E-state index is 13.9. The van der Waals surface area contributed by atoms with Crippen LogP contribution in [0.4, 0.5) is 8.78 Å². The van der Waals surface area contributed by atoms with Gasteiger partial charge in [-0.05, 0) is 62.4 Å². The van der Waals surface area contributed by atoms with E-state index in [1.165, 1.54) is 16.9 Å². The number of ether oxygens (including phenoxy) is 1. The molecule has 2 fully saturated rings. The minimum Gasteiger partial charge on any atom is -0.497 e. The molecule has 3 amide bonds. The summed E-state index contributed by atoms with van der Waals surface area (Å²) >= 11 is 0. The fourth-order valence-corrected chi connectivity index (χ4v) is 4.84. The maximum atomic E-state index is 13.9. The van der Waals surface area contributed by atoms with Crippen LogP contribution in [0.25, 0.3) is 0 Å². The van der Waals surface area contributed by atoms with Gasteiger partial charge in [-0.15, -0.1) is 0 Å². The number of nitrogens with two attached hydrogens (primary N) is 1. The fourth-order valence-electron chi connectivity index (χ4n) is 4.84. The van der Waals surface area contributed by atoms with Crippen molar-refractivity contribution in [3.8, 4) is 5.75 Å². The highest BCUT2D eigenvalue weighted by Crippen LogP contribution is 2.24. The zero-order chi connectivity index (χ0) is 25.8. The molecule has 36 heavy (non-hydrogen) atoms. The van der Waals surface area contributed by atoms with E-state index in [0.29, 0.717) is 36.6 Å². The van der Waals surface area contributed by atoms with E-state index >= 15 is 0 Å². The van der Waals surface area contributed by atoms with Gasteiger partial charge in [-0.2, -0.15) is 0 Å². The Morgan fingerprint density at radius 2 is 1.53 bits per heavy atom. The van der Waals surface area contributed by atoms with Crippen molar-refractivity contribution in [1.29, 1.82) is 0 Å². The van der Waals surface area contributed by atoms with E-state index in [9.17, 15) is 23.2 Å². The van der Waals surface area contributed by atoms with Crippen molar-refractivity contribution >= 4 is 17.7 Å². The van der Waals surface area contributed by atoms with E-state index in [4.69, 9.17) is 10.5 Å². The Morgan fingerprint density at radius 1 is 0.917 bits per heavy atom. The Balaban J connectivity index is 1.66. The zero-order valence-corrected chi connectivity index (χ0v) is 20.1. The average Bonchev–Trinajstić information content (AvgIpc) is 2.88. The molecule has 0 aromatic heterocycles. The van der Waals surface area contributed by atoms with Crippen molar-refractivity contribution < 1.29 is 27.9 Å². The molecule has 8 nitrogen and oxygen atoms in total. The summed E-state index contributed by atoms with van der Waals surface area (Å²) in [5.74, 6) is -3.04. The van der Waals surface area contributed by atoms with E-state index < -0.39 is 35.5 Å². The summed E-state index contributed by atoms with van der Waals surface area (Å²) in [5.41, 5.74) is 6.04. The molecule has 4 rings (SSSR count). The number of carbonyl (C=O) groups is 3. The molecule has 10 heteroatoms. The minimum absolute atomic E-state index is 0.0833. The summed E-state index contributed by atoms with van der Waals surface area (Å²) < 4.78 is 33.0. The molecule has 1 heterocycles. The molecule has 1 unspecified atom stereocenters. The number of nitrogens with one attached hydrogen (secondary N) is 1. The first kappa shape index (κ1) is 25.6. The molecular formula is C26H30F2N4O4. The lowest BCUT2D eigenvalue weighted by Gasteiger charge is -2.43. The summed E-state index contributed by atoms with van der Waals surface area (Å²) in [7, 11) is 1.48. The number of benzene rings is 2. The van der Waals surface area contributed by atoms with Gasteiger partial charge in [0.15, 0.2) is 6.17 Å². The van der Waals surface area contributed by atoms with Gasteiger partial charge in [-0.3, -0.25) is 14.4 Å². The molecule has 0 bridgehead atoms. The van der Waals surface area contributed by atoms with Gasteiger partial charge < -0.3 is 25.6 Å². The number of methoxy groups -OCH3 is 1. The second-order valence-electron chi connectivity index (χ2n) is 9.23. The Hall–Kier alpha value is -3.53. The molecule has 1 atom stereocenters.